The van der Waals surface area contributed by atoms with Crippen LogP contribution in [0.5, 0.6) is 0 Å². The molecule has 6 heteroatoms. The van der Waals surface area contributed by atoms with Crippen LogP contribution in [0.1, 0.15) is 55.6 Å². The van der Waals surface area contributed by atoms with Crippen LogP contribution in [-0.4, -0.2) is 44.8 Å². The van der Waals surface area contributed by atoms with Crippen LogP contribution in [0.3, 0.4) is 0 Å². The smallest absolute Gasteiger partial charge is 0.323 e. The summed E-state index contributed by atoms with van der Waals surface area (Å²) < 4.78 is 1.92. The minimum Gasteiger partial charge on any atom is -0.480 e. The van der Waals surface area contributed by atoms with Crippen molar-refractivity contribution < 1.29 is 14.7 Å². The summed E-state index contributed by atoms with van der Waals surface area (Å²) in [4.78, 5) is 24.8. The second kappa shape index (κ2) is 6.28. The molecule has 1 amide bonds. The van der Waals surface area contributed by atoms with Crippen molar-refractivity contribution in [3.05, 3.63) is 17.5 Å². The Balaban J connectivity index is 2.27. The molecule has 6 nitrogen and oxygen atoms in total. The molecule has 0 unspecified atom stereocenters. The Bertz CT molecular complexity index is 532. The lowest BCUT2D eigenvalue weighted by molar-refractivity contribution is -0.137. The SMILES string of the molecule is CCN(CC(=O)O)C(=O)c1cnn(CC(C)C)c1C1CC1. The van der Waals surface area contributed by atoms with Gasteiger partial charge in [-0.1, -0.05) is 13.8 Å². The van der Waals surface area contributed by atoms with E-state index < -0.39 is 5.97 Å². The molecular weight excluding hydrogens is 270 g/mol. The zero-order valence-corrected chi connectivity index (χ0v) is 12.9. The molecule has 0 aliphatic heterocycles. The fourth-order valence-electron chi connectivity index (χ4n) is 2.50. The fourth-order valence-corrected chi connectivity index (χ4v) is 2.50. The third-order valence-corrected chi connectivity index (χ3v) is 3.61. The number of likely N-dealkylation sites (N-methyl/N-ethyl adjacent to an activating group) is 1. The van der Waals surface area contributed by atoms with Crippen molar-refractivity contribution in [1.82, 2.24) is 14.7 Å². The van der Waals surface area contributed by atoms with Crippen LogP contribution in [0.4, 0.5) is 0 Å². The molecule has 116 valence electrons. The van der Waals surface area contributed by atoms with E-state index in [1.165, 1.54) is 4.90 Å². The van der Waals surface area contributed by atoms with E-state index in [9.17, 15) is 9.59 Å². The molecule has 0 spiro atoms. The van der Waals surface area contributed by atoms with Crippen molar-refractivity contribution in [2.75, 3.05) is 13.1 Å². The molecule has 1 saturated carbocycles. The van der Waals surface area contributed by atoms with Gasteiger partial charge in [-0.3, -0.25) is 14.3 Å². The normalized spacial score (nSPS) is 14.5. The van der Waals surface area contributed by atoms with Gasteiger partial charge in [0.15, 0.2) is 0 Å². The number of nitrogens with zero attached hydrogens (tertiary/aromatic N) is 3. The molecule has 0 atom stereocenters. The summed E-state index contributed by atoms with van der Waals surface area (Å²) in [5.74, 6) is -0.370. The minimum absolute atomic E-state index is 0.225. The van der Waals surface area contributed by atoms with Gasteiger partial charge >= 0.3 is 5.97 Å². The summed E-state index contributed by atoms with van der Waals surface area (Å²) in [6, 6.07) is 0. The molecular formula is C15H23N3O3. The average Bonchev–Trinajstić information content (AvgIpc) is 3.16. The Morgan fingerprint density at radius 3 is 2.62 bits per heavy atom. The summed E-state index contributed by atoms with van der Waals surface area (Å²) in [6.45, 7) is 6.91. The molecule has 1 N–H and O–H groups in total. The van der Waals surface area contributed by atoms with Gasteiger partial charge in [-0.25, -0.2) is 0 Å². The van der Waals surface area contributed by atoms with E-state index in [1.54, 1.807) is 13.1 Å². The summed E-state index contributed by atoms with van der Waals surface area (Å²) in [7, 11) is 0. The average molecular weight is 293 g/mol. The first-order chi connectivity index (χ1) is 9.93. The van der Waals surface area contributed by atoms with Gasteiger partial charge in [0.05, 0.1) is 17.5 Å². The molecule has 1 aromatic rings. The van der Waals surface area contributed by atoms with Crippen molar-refractivity contribution in [2.45, 2.75) is 46.1 Å². The van der Waals surface area contributed by atoms with Crippen molar-refractivity contribution >= 4 is 11.9 Å². The van der Waals surface area contributed by atoms with E-state index in [0.29, 0.717) is 23.9 Å². The first-order valence-electron chi connectivity index (χ1n) is 7.50. The van der Waals surface area contributed by atoms with Crippen LogP contribution in [0, 0.1) is 5.92 Å². The van der Waals surface area contributed by atoms with Crippen LogP contribution in [-0.2, 0) is 11.3 Å². The monoisotopic (exact) mass is 293 g/mol. The molecule has 1 aliphatic carbocycles. The van der Waals surface area contributed by atoms with Crippen LogP contribution in [0.25, 0.3) is 0 Å². The maximum Gasteiger partial charge on any atom is 0.323 e. The highest BCUT2D eigenvalue weighted by atomic mass is 16.4. The van der Waals surface area contributed by atoms with Gasteiger partial charge in [0.1, 0.15) is 6.54 Å². The number of aromatic nitrogens is 2. The Hall–Kier alpha value is -1.85. The zero-order valence-electron chi connectivity index (χ0n) is 12.9. The number of rotatable bonds is 7. The number of carboxylic acid groups (broad SMARTS) is 1. The van der Waals surface area contributed by atoms with Gasteiger partial charge in [0.25, 0.3) is 5.91 Å². The molecule has 1 aromatic heterocycles. The summed E-state index contributed by atoms with van der Waals surface area (Å²) in [6.07, 6.45) is 3.76. The van der Waals surface area contributed by atoms with Crippen molar-refractivity contribution in [3.8, 4) is 0 Å². The number of hydrogen-bond acceptors (Lipinski definition) is 3. The van der Waals surface area contributed by atoms with E-state index >= 15 is 0 Å². The molecule has 0 bridgehead atoms. The second-order valence-electron chi connectivity index (χ2n) is 6.01. The summed E-state index contributed by atoms with van der Waals surface area (Å²) in [5, 5.41) is 13.3. The van der Waals surface area contributed by atoms with Crippen molar-refractivity contribution in [1.29, 1.82) is 0 Å². The molecule has 1 fully saturated rings. The van der Waals surface area contributed by atoms with E-state index in [0.717, 1.165) is 25.1 Å². The first kappa shape index (κ1) is 15.5. The number of carboxylic acids is 1. The van der Waals surface area contributed by atoms with E-state index in [-0.39, 0.29) is 12.5 Å². The summed E-state index contributed by atoms with van der Waals surface area (Å²) >= 11 is 0. The number of carbonyl (C=O) groups excluding carboxylic acids is 1. The number of carbonyl (C=O) groups is 2. The lowest BCUT2D eigenvalue weighted by Crippen LogP contribution is -2.35. The quantitative estimate of drug-likeness (QED) is 0.834. The molecule has 1 heterocycles. The molecule has 1 aliphatic rings. The summed E-state index contributed by atoms with van der Waals surface area (Å²) in [5.41, 5.74) is 1.55. The highest BCUT2D eigenvalue weighted by Gasteiger charge is 2.33. The Morgan fingerprint density at radius 2 is 2.14 bits per heavy atom. The van der Waals surface area contributed by atoms with Gasteiger partial charge < -0.3 is 10.0 Å². The van der Waals surface area contributed by atoms with E-state index in [1.807, 2.05) is 4.68 Å². The third kappa shape index (κ3) is 3.62. The Morgan fingerprint density at radius 1 is 1.48 bits per heavy atom. The standard InChI is InChI=1S/C15H23N3O3/c1-4-17(9-13(19)20)15(21)12-7-16-18(8-10(2)3)14(12)11-5-6-11/h7,10-11H,4-6,8-9H2,1-3H3,(H,19,20). The fraction of sp³-hybridized carbons (Fsp3) is 0.667. The van der Waals surface area contributed by atoms with Gasteiger partial charge in [0.2, 0.25) is 0 Å². The van der Waals surface area contributed by atoms with Crippen molar-refractivity contribution in [2.24, 2.45) is 5.92 Å². The highest BCUT2D eigenvalue weighted by molar-refractivity contribution is 5.97. The van der Waals surface area contributed by atoms with Gasteiger partial charge in [0, 0.05) is 19.0 Å². The molecule has 2 rings (SSSR count). The zero-order chi connectivity index (χ0) is 15.6. The van der Waals surface area contributed by atoms with Crippen LogP contribution in [0.15, 0.2) is 6.20 Å². The topological polar surface area (TPSA) is 75.4 Å². The molecule has 21 heavy (non-hydrogen) atoms. The predicted molar refractivity (Wildman–Crippen MR) is 78.3 cm³/mol. The lowest BCUT2D eigenvalue weighted by Gasteiger charge is -2.19. The number of aliphatic carboxylic acids is 1. The maximum absolute atomic E-state index is 12.6. The first-order valence-corrected chi connectivity index (χ1v) is 7.50. The van der Waals surface area contributed by atoms with Crippen LogP contribution in [0.2, 0.25) is 0 Å². The number of hydrogen-bond donors (Lipinski definition) is 1. The van der Waals surface area contributed by atoms with Crippen molar-refractivity contribution in [3.63, 3.8) is 0 Å². The molecule has 0 aromatic carbocycles. The molecule has 0 saturated heterocycles. The van der Waals surface area contributed by atoms with Gasteiger partial charge in [-0.15, -0.1) is 0 Å². The largest absolute Gasteiger partial charge is 0.480 e. The minimum atomic E-state index is -0.993. The Labute approximate surface area is 124 Å². The number of amides is 1. The Kier molecular flexibility index (Phi) is 4.65. The highest BCUT2D eigenvalue weighted by Crippen LogP contribution is 2.42. The second-order valence-corrected chi connectivity index (χ2v) is 6.01. The molecule has 0 radical (unpaired) electrons. The van der Waals surface area contributed by atoms with Gasteiger partial charge in [-0.2, -0.15) is 5.10 Å². The maximum atomic E-state index is 12.6. The predicted octanol–water partition coefficient (Wildman–Crippen LogP) is 1.96. The lowest BCUT2D eigenvalue weighted by atomic mass is 10.1. The third-order valence-electron chi connectivity index (χ3n) is 3.61. The van der Waals surface area contributed by atoms with E-state index in [4.69, 9.17) is 5.11 Å². The van der Waals surface area contributed by atoms with E-state index in [2.05, 4.69) is 18.9 Å². The van der Waals surface area contributed by atoms with Crippen LogP contribution >= 0.6 is 0 Å². The van der Waals surface area contributed by atoms with Crippen LogP contribution < -0.4 is 0 Å². The van der Waals surface area contributed by atoms with Gasteiger partial charge in [-0.05, 0) is 25.7 Å².